The number of fused-ring (bicyclic) bond motifs is 2. The Morgan fingerprint density at radius 1 is 1.22 bits per heavy atom. The van der Waals surface area contributed by atoms with Gasteiger partial charge in [0.2, 0.25) is 0 Å². The fourth-order valence-corrected chi connectivity index (χ4v) is 3.63. The molecule has 0 aromatic heterocycles. The van der Waals surface area contributed by atoms with E-state index in [1.807, 2.05) is 20.8 Å². The SMILES string of the molecule is CC(C)(C)OC(=O)N1C[C@H]2C[C@@H](NC(=O)Oc3ccc([N+](=O)[O-])cc3)[C@@H]1C2. The predicted octanol–water partition coefficient (Wildman–Crippen LogP) is 3.08. The lowest BCUT2D eigenvalue weighted by Gasteiger charge is -2.34. The van der Waals surface area contributed by atoms with Gasteiger partial charge in [-0.05, 0) is 51.7 Å². The number of hydrogen-bond donors (Lipinski definition) is 1. The number of nitrogens with zero attached hydrogens (tertiary/aromatic N) is 2. The van der Waals surface area contributed by atoms with Gasteiger partial charge in [0, 0.05) is 18.7 Å². The van der Waals surface area contributed by atoms with Gasteiger partial charge < -0.3 is 19.7 Å². The van der Waals surface area contributed by atoms with Crippen LogP contribution in [0.1, 0.15) is 33.6 Å². The van der Waals surface area contributed by atoms with E-state index in [0.717, 1.165) is 12.8 Å². The monoisotopic (exact) mass is 377 g/mol. The number of hydrogen-bond acceptors (Lipinski definition) is 6. The average Bonchev–Trinajstić information content (AvgIpc) is 3.13. The first-order chi connectivity index (χ1) is 12.6. The van der Waals surface area contributed by atoms with Gasteiger partial charge in [0.05, 0.1) is 17.0 Å². The molecule has 1 heterocycles. The molecule has 146 valence electrons. The standard InChI is InChI=1S/C18H23N3O6/c1-18(2,3)27-17(23)20-10-11-8-14(15(20)9-11)19-16(22)26-13-6-4-12(5-7-13)21(24)25/h4-7,11,14-15H,8-10H2,1-3H3,(H,19,22)/t11-,14+,15-/m0/s1. The third kappa shape index (κ3) is 4.47. The van der Waals surface area contributed by atoms with Crippen LogP contribution in [0.3, 0.4) is 0 Å². The molecule has 1 aliphatic heterocycles. The number of non-ortho nitro benzene ring substituents is 1. The molecule has 9 heteroatoms. The van der Waals surface area contributed by atoms with Crippen molar-refractivity contribution >= 4 is 17.9 Å². The van der Waals surface area contributed by atoms with Crippen LogP contribution in [-0.2, 0) is 4.74 Å². The number of rotatable bonds is 3. The van der Waals surface area contributed by atoms with E-state index in [1.165, 1.54) is 24.3 Å². The lowest BCUT2D eigenvalue weighted by atomic mass is 10.1. The Kier molecular flexibility index (Phi) is 4.95. The normalized spacial score (nSPS) is 23.8. The Morgan fingerprint density at radius 3 is 2.44 bits per heavy atom. The first-order valence-electron chi connectivity index (χ1n) is 8.85. The first kappa shape index (κ1) is 18.9. The van der Waals surface area contributed by atoms with E-state index in [1.54, 1.807) is 4.90 Å². The van der Waals surface area contributed by atoms with Gasteiger partial charge >= 0.3 is 12.2 Å². The molecule has 1 aromatic rings. The van der Waals surface area contributed by atoms with Gasteiger partial charge in [0.25, 0.3) is 5.69 Å². The summed E-state index contributed by atoms with van der Waals surface area (Å²) in [7, 11) is 0. The van der Waals surface area contributed by atoms with Crippen LogP contribution in [0, 0.1) is 16.0 Å². The van der Waals surface area contributed by atoms with E-state index in [4.69, 9.17) is 9.47 Å². The Hall–Kier alpha value is -2.84. The number of benzene rings is 1. The van der Waals surface area contributed by atoms with Crippen molar-refractivity contribution in [1.82, 2.24) is 10.2 Å². The summed E-state index contributed by atoms with van der Waals surface area (Å²) in [5.74, 6) is 0.539. The number of piperidine rings is 1. The summed E-state index contributed by atoms with van der Waals surface area (Å²) in [5.41, 5.74) is -0.652. The molecule has 2 aliphatic rings. The molecule has 1 aliphatic carbocycles. The van der Waals surface area contributed by atoms with Gasteiger partial charge in [-0.25, -0.2) is 9.59 Å². The zero-order valence-corrected chi connectivity index (χ0v) is 15.5. The topological polar surface area (TPSA) is 111 Å². The van der Waals surface area contributed by atoms with Crippen LogP contribution >= 0.6 is 0 Å². The van der Waals surface area contributed by atoms with E-state index in [0.29, 0.717) is 12.5 Å². The number of carbonyl (C=O) groups excluding carboxylic acids is 2. The molecule has 9 nitrogen and oxygen atoms in total. The van der Waals surface area contributed by atoms with Crippen LogP contribution < -0.4 is 10.1 Å². The average molecular weight is 377 g/mol. The fraction of sp³-hybridized carbons (Fsp3) is 0.556. The Balaban J connectivity index is 1.57. The fourth-order valence-electron chi connectivity index (χ4n) is 3.63. The molecular formula is C18H23N3O6. The van der Waals surface area contributed by atoms with E-state index < -0.39 is 16.6 Å². The number of carbonyl (C=O) groups is 2. The molecule has 2 fully saturated rings. The summed E-state index contributed by atoms with van der Waals surface area (Å²) in [6, 6.07) is 4.95. The molecule has 0 spiro atoms. The smallest absolute Gasteiger partial charge is 0.412 e. The molecule has 2 bridgehead atoms. The molecule has 3 atom stereocenters. The van der Waals surface area contributed by atoms with Crippen molar-refractivity contribution in [3.8, 4) is 5.75 Å². The second kappa shape index (κ2) is 7.05. The number of ether oxygens (including phenoxy) is 2. The summed E-state index contributed by atoms with van der Waals surface area (Å²) in [6.45, 7) is 6.08. The van der Waals surface area contributed by atoms with E-state index in [-0.39, 0.29) is 29.6 Å². The van der Waals surface area contributed by atoms with Crippen LogP contribution in [0.15, 0.2) is 24.3 Å². The molecule has 1 saturated heterocycles. The highest BCUT2D eigenvalue weighted by Gasteiger charge is 2.48. The Bertz CT molecular complexity index is 742. The third-order valence-electron chi connectivity index (χ3n) is 4.67. The highest BCUT2D eigenvalue weighted by Crippen LogP contribution is 2.38. The predicted molar refractivity (Wildman–Crippen MR) is 95.5 cm³/mol. The van der Waals surface area contributed by atoms with Gasteiger partial charge in [0.15, 0.2) is 0 Å². The summed E-state index contributed by atoms with van der Waals surface area (Å²) >= 11 is 0. The lowest BCUT2D eigenvalue weighted by molar-refractivity contribution is -0.384. The summed E-state index contributed by atoms with van der Waals surface area (Å²) in [6.07, 6.45) is 0.580. The van der Waals surface area contributed by atoms with Crippen LogP contribution in [0.4, 0.5) is 15.3 Å². The molecule has 1 saturated carbocycles. The highest BCUT2D eigenvalue weighted by molar-refractivity contribution is 5.72. The number of nitrogens with one attached hydrogen (secondary N) is 1. The van der Waals surface area contributed by atoms with Crippen molar-refractivity contribution in [3.05, 3.63) is 34.4 Å². The third-order valence-corrected chi connectivity index (χ3v) is 4.67. The minimum Gasteiger partial charge on any atom is -0.444 e. The zero-order valence-electron chi connectivity index (χ0n) is 15.5. The number of likely N-dealkylation sites (tertiary alicyclic amines) is 1. The Labute approximate surface area is 156 Å². The van der Waals surface area contributed by atoms with Crippen molar-refractivity contribution in [2.45, 2.75) is 51.3 Å². The van der Waals surface area contributed by atoms with Gasteiger partial charge in [-0.1, -0.05) is 0 Å². The van der Waals surface area contributed by atoms with Gasteiger partial charge in [-0.3, -0.25) is 10.1 Å². The minimum atomic E-state index is -0.648. The molecule has 0 unspecified atom stereocenters. The maximum atomic E-state index is 12.4. The van der Waals surface area contributed by atoms with Crippen LogP contribution in [0.25, 0.3) is 0 Å². The molecular weight excluding hydrogens is 354 g/mol. The molecule has 0 radical (unpaired) electrons. The molecule has 1 N–H and O–H groups in total. The van der Waals surface area contributed by atoms with Crippen molar-refractivity contribution in [2.24, 2.45) is 5.92 Å². The van der Waals surface area contributed by atoms with E-state index >= 15 is 0 Å². The van der Waals surface area contributed by atoms with Gasteiger partial charge in [-0.15, -0.1) is 0 Å². The maximum absolute atomic E-state index is 12.4. The van der Waals surface area contributed by atoms with Gasteiger partial charge in [-0.2, -0.15) is 0 Å². The summed E-state index contributed by atoms with van der Waals surface area (Å²) in [5, 5.41) is 13.5. The first-order valence-corrected chi connectivity index (χ1v) is 8.85. The van der Waals surface area contributed by atoms with Gasteiger partial charge in [0.1, 0.15) is 11.4 Å². The number of nitro benzene ring substituents is 1. The Morgan fingerprint density at radius 2 is 1.89 bits per heavy atom. The maximum Gasteiger partial charge on any atom is 0.412 e. The van der Waals surface area contributed by atoms with Crippen LogP contribution in [0.5, 0.6) is 5.75 Å². The van der Waals surface area contributed by atoms with Crippen molar-refractivity contribution in [1.29, 1.82) is 0 Å². The molecule has 1 aromatic carbocycles. The van der Waals surface area contributed by atoms with E-state index in [9.17, 15) is 19.7 Å². The van der Waals surface area contributed by atoms with Crippen LogP contribution in [-0.4, -0.2) is 46.2 Å². The van der Waals surface area contributed by atoms with Crippen molar-refractivity contribution in [3.63, 3.8) is 0 Å². The molecule has 2 amide bonds. The number of amides is 2. The second-order valence-electron chi connectivity index (χ2n) is 7.93. The molecule has 27 heavy (non-hydrogen) atoms. The zero-order chi connectivity index (χ0) is 19.8. The minimum absolute atomic E-state index is 0.0798. The highest BCUT2D eigenvalue weighted by atomic mass is 16.6. The lowest BCUT2D eigenvalue weighted by Crippen LogP contribution is -2.53. The van der Waals surface area contributed by atoms with Crippen molar-refractivity contribution in [2.75, 3.05) is 6.54 Å². The quantitative estimate of drug-likeness (QED) is 0.640. The van der Waals surface area contributed by atoms with E-state index in [2.05, 4.69) is 5.32 Å². The summed E-state index contributed by atoms with van der Waals surface area (Å²) < 4.78 is 10.6. The molecule has 3 rings (SSSR count). The van der Waals surface area contributed by atoms with Crippen molar-refractivity contribution < 1.29 is 24.0 Å². The van der Waals surface area contributed by atoms with Crippen LogP contribution in [0.2, 0.25) is 0 Å². The number of nitro groups is 1. The largest absolute Gasteiger partial charge is 0.444 e. The summed E-state index contributed by atoms with van der Waals surface area (Å²) in [4.78, 5) is 36.3. The second-order valence-corrected chi connectivity index (χ2v) is 7.93.